The smallest absolute Gasteiger partial charge is 0.276 e. The van der Waals surface area contributed by atoms with E-state index in [4.69, 9.17) is 11.6 Å². The molecule has 1 aromatic heterocycles. The van der Waals surface area contributed by atoms with Crippen LogP contribution in [0, 0.1) is 6.92 Å². The van der Waals surface area contributed by atoms with Gasteiger partial charge in [0.15, 0.2) is 0 Å². The van der Waals surface area contributed by atoms with E-state index >= 15 is 0 Å². The van der Waals surface area contributed by atoms with Crippen LogP contribution in [-0.2, 0) is 6.54 Å². The molecule has 0 fully saturated rings. The van der Waals surface area contributed by atoms with E-state index in [1.165, 1.54) is 16.8 Å². The Morgan fingerprint density at radius 3 is 2.77 bits per heavy atom. The molecule has 1 N–H and O–H groups in total. The second-order valence-electron chi connectivity index (χ2n) is 5.05. The molecule has 6 heteroatoms. The van der Waals surface area contributed by atoms with Gasteiger partial charge in [0.25, 0.3) is 11.5 Å². The van der Waals surface area contributed by atoms with Gasteiger partial charge in [-0.1, -0.05) is 24.9 Å². The summed E-state index contributed by atoms with van der Waals surface area (Å²) in [5, 5.41) is 7.51. The minimum absolute atomic E-state index is 0.201. The van der Waals surface area contributed by atoms with Crippen LogP contribution in [0.1, 0.15) is 35.8 Å². The number of amides is 1. The van der Waals surface area contributed by atoms with Crippen molar-refractivity contribution in [2.45, 2.75) is 33.2 Å². The molecule has 0 spiro atoms. The Kier molecular flexibility index (Phi) is 5.33. The first-order valence-corrected chi connectivity index (χ1v) is 7.54. The van der Waals surface area contributed by atoms with Crippen molar-refractivity contribution >= 4 is 23.2 Å². The predicted molar refractivity (Wildman–Crippen MR) is 87.5 cm³/mol. The molecule has 0 unspecified atom stereocenters. The fourth-order valence-corrected chi connectivity index (χ4v) is 2.22. The van der Waals surface area contributed by atoms with Crippen LogP contribution in [0.3, 0.4) is 0 Å². The van der Waals surface area contributed by atoms with Gasteiger partial charge < -0.3 is 5.32 Å². The zero-order valence-electron chi connectivity index (χ0n) is 12.6. The molecular formula is C16H18ClN3O2. The molecule has 2 aromatic rings. The van der Waals surface area contributed by atoms with Crippen molar-refractivity contribution in [3.63, 3.8) is 0 Å². The molecule has 1 aromatic carbocycles. The van der Waals surface area contributed by atoms with Gasteiger partial charge in [0.2, 0.25) is 0 Å². The third-order valence-electron chi connectivity index (χ3n) is 3.26. The Morgan fingerprint density at radius 2 is 2.09 bits per heavy atom. The Morgan fingerprint density at radius 1 is 1.32 bits per heavy atom. The van der Waals surface area contributed by atoms with Crippen molar-refractivity contribution in [1.82, 2.24) is 9.78 Å². The maximum absolute atomic E-state index is 12.3. The van der Waals surface area contributed by atoms with Crippen LogP contribution in [0.4, 0.5) is 5.69 Å². The van der Waals surface area contributed by atoms with E-state index in [0.29, 0.717) is 17.3 Å². The lowest BCUT2D eigenvalue weighted by Gasteiger charge is -2.09. The number of nitrogens with zero attached hydrogens (tertiary/aromatic N) is 2. The van der Waals surface area contributed by atoms with Gasteiger partial charge in [-0.2, -0.15) is 5.10 Å². The van der Waals surface area contributed by atoms with E-state index < -0.39 is 0 Å². The number of rotatable bonds is 5. The van der Waals surface area contributed by atoms with Gasteiger partial charge in [-0.25, -0.2) is 4.68 Å². The van der Waals surface area contributed by atoms with Crippen LogP contribution in [0.15, 0.2) is 35.1 Å². The Bertz CT molecular complexity index is 740. The first-order chi connectivity index (χ1) is 10.5. The van der Waals surface area contributed by atoms with Gasteiger partial charge in [-0.3, -0.25) is 9.59 Å². The van der Waals surface area contributed by atoms with Gasteiger partial charge in [0.1, 0.15) is 5.69 Å². The highest BCUT2D eigenvalue weighted by molar-refractivity contribution is 6.30. The highest BCUT2D eigenvalue weighted by Gasteiger charge is 2.11. The summed E-state index contributed by atoms with van der Waals surface area (Å²) in [7, 11) is 0. The summed E-state index contributed by atoms with van der Waals surface area (Å²) >= 11 is 5.89. The van der Waals surface area contributed by atoms with Gasteiger partial charge >= 0.3 is 0 Å². The fourth-order valence-electron chi connectivity index (χ4n) is 1.99. The Hall–Kier alpha value is -2.14. The Balaban J connectivity index is 2.20. The topological polar surface area (TPSA) is 64.0 Å². The quantitative estimate of drug-likeness (QED) is 0.920. The van der Waals surface area contributed by atoms with Crippen molar-refractivity contribution in [3.8, 4) is 0 Å². The molecule has 5 nitrogen and oxygen atoms in total. The van der Waals surface area contributed by atoms with Crippen LogP contribution >= 0.6 is 11.6 Å². The lowest BCUT2D eigenvalue weighted by molar-refractivity contribution is 0.101. The minimum atomic E-state index is -0.351. The van der Waals surface area contributed by atoms with Crippen molar-refractivity contribution < 1.29 is 4.79 Å². The van der Waals surface area contributed by atoms with Crippen LogP contribution in [0.25, 0.3) is 0 Å². The molecule has 0 radical (unpaired) electrons. The summed E-state index contributed by atoms with van der Waals surface area (Å²) in [6.07, 6.45) is 1.79. The van der Waals surface area contributed by atoms with Gasteiger partial charge in [0.05, 0.1) is 0 Å². The molecule has 1 heterocycles. The monoisotopic (exact) mass is 319 g/mol. The summed E-state index contributed by atoms with van der Waals surface area (Å²) in [6.45, 7) is 4.40. The first-order valence-electron chi connectivity index (χ1n) is 7.17. The molecule has 0 saturated carbocycles. The summed E-state index contributed by atoms with van der Waals surface area (Å²) in [4.78, 5) is 24.0. The highest BCUT2D eigenvalue weighted by atomic mass is 35.5. The third kappa shape index (κ3) is 3.95. The van der Waals surface area contributed by atoms with Crippen molar-refractivity contribution in [3.05, 3.63) is 57.0 Å². The van der Waals surface area contributed by atoms with E-state index in [0.717, 1.165) is 18.4 Å². The van der Waals surface area contributed by atoms with E-state index in [2.05, 4.69) is 10.4 Å². The summed E-state index contributed by atoms with van der Waals surface area (Å²) in [5.41, 5.74) is 1.54. The lowest BCUT2D eigenvalue weighted by atomic mass is 10.2. The van der Waals surface area contributed by atoms with E-state index in [1.54, 1.807) is 18.2 Å². The molecule has 0 saturated heterocycles. The second kappa shape index (κ2) is 7.22. The fraction of sp³-hybridized carbons (Fsp3) is 0.312. The summed E-state index contributed by atoms with van der Waals surface area (Å²) < 4.78 is 1.33. The lowest BCUT2D eigenvalue weighted by Crippen LogP contribution is -2.26. The molecule has 0 aliphatic carbocycles. The number of hydrogen-bond acceptors (Lipinski definition) is 3. The molecule has 1 amide bonds. The summed E-state index contributed by atoms with van der Waals surface area (Å²) in [5.74, 6) is -0.351. The number of anilines is 1. The zero-order chi connectivity index (χ0) is 16.1. The van der Waals surface area contributed by atoms with E-state index in [1.807, 2.05) is 13.8 Å². The van der Waals surface area contributed by atoms with Gasteiger partial charge in [0, 0.05) is 23.3 Å². The van der Waals surface area contributed by atoms with Crippen molar-refractivity contribution in [1.29, 1.82) is 0 Å². The molecule has 2 rings (SSSR count). The zero-order valence-corrected chi connectivity index (χ0v) is 13.4. The molecule has 22 heavy (non-hydrogen) atoms. The summed E-state index contributed by atoms with van der Waals surface area (Å²) in [6, 6.07) is 8.02. The number of carbonyl (C=O) groups excluding carboxylic acids is 1. The number of nitrogens with one attached hydrogen (secondary N) is 1. The van der Waals surface area contributed by atoms with Gasteiger partial charge in [-0.05, 0) is 43.2 Å². The van der Waals surface area contributed by atoms with Crippen LogP contribution in [-0.4, -0.2) is 15.7 Å². The molecule has 0 bridgehead atoms. The number of benzene rings is 1. The maximum Gasteiger partial charge on any atom is 0.276 e. The van der Waals surface area contributed by atoms with Crippen LogP contribution < -0.4 is 10.9 Å². The third-order valence-corrected chi connectivity index (χ3v) is 3.49. The maximum atomic E-state index is 12.3. The molecule has 0 atom stereocenters. The predicted octanol–water partition coefficient (Wildman–Crippen LogP) is 3.26. The number of carbonyl (C=O) groups is 1. The largest absolute Gasteiger partial charge is 0.320 e. The normalized spacial score (nSPS) is 10.5. The standard InChI is InChI=1S/C16H18ClN3O2/c1-3-4-9-20-15(21)8-7-14(19-20)16(22)18-13-6-5-12(17)10-11(13)2/h5-8,10H,3-4,9H2,1-2H3,(H,18,22). The molecule has 0 aliphatic rings. The molecule has 116 valence electrons. The average Bonchev–Trinajstić information content (AvgIpc) is 2.49. The Labute approximate surface area is 133 Å². The van der Waals surface area contributed by atoms with Crippen molar-refractivity contribution in [2.24, 2.45) is 0 Å². The number of aryl methyl sites for hydroxylation is 2. The van der Waals surface area contributed by atoms with E-state index in [9.17, 15) is 9.59 Å². The highest BCUT2D eigenvalue weighted by Crippen LogP contribution is 2.19. The van der Waals surface area contributed by atoms with Crippen LogP contribution in [0.2, 0.25) is 5.02 Å². The number of halogens is 1. The molecular weight excluding hydrogens is 302 g/mol. The minimum Gasteiger partial charge on any atom is -0.320 e. The number of aromatic nitrogens is 2. The first kappa shape index (κ1) is 16.2. The van der Waals surface area contributed by atoms with Gasteiger partial charge in [-0.15, -0.1) is 0 Å². The SMILES string of the molecule is CCCCn1nc(C(=O)Nc2ccc(Cl)cc2C)ccc1=O. The van der Waals surface area contributed by atoms with Crippen molar-refractivity contribution in [2.75, 3.05) is 5.32 Å². The number of hydrogen-bond donors (Lipinski definition) is 1. The average molecular weight is 320 g/mol. The van der Waals surface area contributed by atoms with Crippen LogP contribution in [0.5, 0.6) is 0 Å². The van der Waals surface area contributed by atoms with E-state index in [-0.39, 0.29) is 17.2 Å². The number of unbranched alkanes of at least 4 members (excludes halogenated alkanes) is 1. The molecule has 0 aliphatic heterocycles. The second-order valence-corrected chi connectivity index (χ2v) is 5.48.